The Labute approximate surface area is 186 Å². The van der Waals surface area contributed by atoms with E-state index < -0.39 is 0 Å². The number of nitrogens with zero attached hydrogens (tertiary/aromatic N) is 1. The number of carbonyl (C=O) groups excluding carboxylic acids is 1. The molecule has 1 aromatic heterocycles. The van der Waals surface area contributed by atoms with Crippen LogP contribution in [0.1, 0.15) is 30.9 Å². The predicted molar refractivity (Wildman–Crippen MR) is 129 cm³/mol. The molecule has 1 amide bonds. The van der Waals surface area contributed by atoms with Crippen LogP contribution in [0.15, 0.2) is 78.9 Å². The second-order valence-corrected chi connectivity index (χ2v) is 8.17. The molecular formula is C26H24N2O2S. The van der Waals surface area contributed by atoms with Gasteiger partial charge in [-0.3, -0.25) is 10.1 Å². The number of unbranched alkanes of at least 4 members (excludes halogenated alkanes) is 1. The number of anilines is 1. The summed E-state index contributed by atoms with van der Waals surface area (Å²) >= 11 is 1.45. The lowest BCUT2D eigenvalue weighted by molar-refractivity contribution is -0.111. The minimum atomic E-state index is -0.187. The number of hydrogen-bond acceptors (Lipinski definition) is 4. The van der Waals surface area contributed by atoms with Crippen LogP contribution in [0, 0.1) is 0 Å². The lowest BCUT2D eigenvalue weighted by atomic mass is 10.0. The first-order valence-electron chi connectivity index (χ1n) is 10.4. The van der Waals surface area contributed by atoms with Crippen molar-refractivity contribution in [1.29, 1.82) is 0 Å². The van der Waals surface area contributed by atoms with Gasteiger partial charge in [-0.2, -0.15) is 0 Å². The second kappa shape index (κ2) is 10.0. The molecular weight excluding hydrogens is 404 g/mol. The summed E-state index contributed by atoms with van der Waals surface area (Å²) in [5, 5.41) is 3.55. The van der Waals surface area contributed by atoms with Gasteiger partial charge in [0.05, 0.1) is 16.8 Å². The monoisotopic (exact) mass is 428 g/mol. The lowest BCUT2D eigenvalue weighted by Gasteiger charge is -2.08. The summed E-state index contributed by atoms with van der Waals surface area (Å²) in [6.07, 6.45) is 4.02. The van der Waals surface area contributed by atoms with Crippen molar-refractivity contribution >= 4 is 44.2 Å². The van der Waals surface area contributed by atoms with Crippen molar-refractivity contribution in [2.45, 2.75) is 19.8 Å². The predicted octanol–water partition coefficient (Wildman–Crippen LogP) is 6.65. The van der Waals surface area contributed by atoms with Crippen LogP contribution < -0.4 is 10.1 Å². The van der Waals surface area contributed by atoms with Gasteiger partial charge < -0.3 is 4.74 Å². The molecule has 0 saturated carbocycles. The molecule has 0 aliphatic carbocycles. The van der Waals surface area contributed by atoms with Crippen LogP contribution in [0.3, 0.4) is 0 Å². The van der Waals surface area contributed by atoms with Crippen molar-refractivity contribution in [3.8, 4) is 5.75 Å². The maximum Gasteiger partial charge on any atom is 0.258 e. The van der Waals surface area contributed by atoms with E-state index in [-0.39, 0.29) is 5.91 Å². The third-order valence-corrected chi connectivity index (χ3v) is 5.72. The minimum Gasteiger partial charge on any atom is -0.494 e. The Morgan fingerprint density at radius 3 is 2.52 bits per heavy atom. The number of nitrogens with one attached hydrogen (secondary N) is 1. The average Bonchev–Trinajstić information content (AvgIpc) is 3.20. The van der Waals surface area contributed by atoms with E-state index in [9.17, 15) is 4.79 Å². The fourth-order valence-corrected chi connectivity index (χ4v) is 4.05. The summed E-state index contributed by atoms with van der Waals surface area (Å²) in [6.45, 7) is 2.84. The van der Waals surface area contributed by atoms with Crippen molar-refractivity contribution in [3.63, 3.8) is 0 Å². The van der Waals surface area contributed by atoms with E-state index in [0.29, 0.717) is 17.3 Å². The molecule has 0 saturated heterocycles. The number of fused-ring (bicyclic) bond motifs is 1. The van der Waals surface area contributed by atoms with Crippen LogP contribution in [0.4, 0.5) is 5.13 Å². The first-order chi connectivity index (χ1) is 15.2. The van der Waals surface area contributed by atoms with Crippen LogP contribution in [-0.2, 0) is 4.79 Å². The van der Waals surface area contributed by atoms with Gasteiger partial charge in [0.1, 0.15) is 5.75 Å². The Bertz CT molecular complexity index is 1180. The van der Waals surface area contributed by atoms with Crippen molar-refractivity contribution in [2.75, 3.05) is 11.9 Å². The largest absolute Gasteiger partial charge is 0.494 e. The molecule has 156 valence electrons. The SMILES string of the molecule is CCCCOc1ccc2nc(NC(=O)/C(=C/c3ccccc3)c3ccccc3)sc2c1. The molecule has 31 heavy (non-hydrogen) atoms. The smallest absolute Gasteiger partial charge is 0.258 e. The van der Waals surface area contributed by atoms with E-state index >= 15 is 0 Å². The highest BCUT2D eigenvalue weighted by Gasteiger charge is 2.15. The number of benzene rings is 3. The second-order valence-electron chi connectivity index (χ2n) is 7.14. The third-order valence-electron chi connectivity index (χ3n) is 4.79. The fraction of sp³-hybridized carbons (Fsp3) is 0.154. The standard InChI is InChI=1S/C26H24N2O2S/c1-2-3-16-30-21-14-15-23-24(18-21)31-26(27-23)28-25(29)22(20-12-8-5-9-13-20)17-19-10-6-4-7-11-19/h4-15,17-18H,2-3,16H2,1H3,(H,27,28,29)/b22-17+. The zero-order valence-electron chi connectivity index (χ0n) is 17.4. The van der Waals surface area contributed by atoms with E-state index in [1.165, 1.54) is 11.3 Å². The summed E-state index contributed by atoms with van der Waals surface area (Å²) < 4.78 is 6.77. The Kier molecular flexibility index (Phi) is 6.75. The van der Waals surface area contributed by atoms with Crippen LogP contribution in [0.25, 0.3) is 21.9 Å². The van der Waals surface area contributed by atoms with Gasteiger partial charge in [-0.15, -0.1) is 0 Å². The number of thiazole rings is 1. The Morgan fingerprint density at radius 1 is 1.03 bits per heavy atom. The van der Waals surface area contributed by atoms with Crippen molar-refractivity contribution in [2.24, 2.45) is 0 Å². The zero-order valence-corrected chi connectivity index (χ0v) is 18.2. The minimum absolute atomic E-state index is 0.187. The van der Waals surface area contributed by atoms with Crippen molar-refractivity contribution in [1.82, 2.24) is 4.98 Å². The van der Waals surface area contributed by atoms with Gasteiger partial charge in [0.2, 0.25) is 0 Å². The summed E-state index contributed by atoms with van der Waals surface area (Å²) in [5.74, 6) is 0.643. The third kappa shape index (κ3) is 5.38. The molecule has 1 heterocycles. The maximum absolute atomic E-state index is 13.2. The highest BCUT2D eigenvalue weighted by Crippen LogP contribution is 2.30. The van der Waals surface area contributed by atoms with E-state index in [0.717, 1.165) is 39.9 Å². The molecule has 0 atom stereocenters. The Morgan fingerprint density at radius 2 is 1.77 bits per heavy atom. The Hall–Kier alpha value is -3.44. The van der Waals surface area contributed by atoms with Crippen LogP contribution in [0.5, 0.6) is 5.75 Å². The molecule has 5 heteroatoms. The number of carbonyl (C=O) groups is 1. The van der Waals surface area contributed by atoms with Gasteiger partial charge >= 0.3 is 0 Å². The molecule has 0 bridgehead atoms. The number of aromatic nitrogens is 1. The van der Waals surface area contributed by atoms with Crippen molar-refractivity contribution in [3.05, 3.63) is 90.0 Å². The molecule has 4 nitrogen and oxygen atoms in total. The fourth-order valence-electron chi connectivity index (χ4n) is 3.16. The van der Waals surface area contributed by atoms with Gasteiger partial charge in [-0.25, -0.2) is 4.98 Å². The molecule has 4 rings (SSSR count). The molecule has 0 radical (unpaired) electrons. The number of rotatable bonds is 8. The summed E-state index contributed by atoms with van der Waals surface area (Å²) in [5.41, 5.74) is 3.26. The molecule has 1 N–H and O–H groups in total. The van der Waals surface area contributed by atoms with Gasteiger partial charge in [0.15, 0.2) is 5.13 Å². The molecule has 0 fully saturated rings. The Balaban J connectivity index is 1.58. The molecule has 0 aliphatic rings. The summed E-state index contributed by atoms with van der Waals surface area (Å²) in [6, 6.07) is 25.3. The molecule has 0 spiro atoms. The maximum atomic E-state index is 13.2. The molecule has 3 aromatic carbocycles. The summed E-state index contributed by atoms with van der Waals surface area (Å²) in [7, 11) is 0. The van der Waals surface area contributed by atoms with Crippen LogP contribution >= 0.6 is 11.3 Å². The van der Waals surface area contributed by atoms with E-state index in [2.05, 4.69) is 17.2 Å². The summed E-state index contributed by atoms with van der Waals surface area (Å²) in [4.78, 5) is 17.8. The van der Waals surface area contributed by atoms with Gasteiger partial charge in [0.25, 0.3) is 5.91 Å². The molecule has 4 aromatic rings. The van der Waals surface area contributed by atoms with E-state index in [1.54, 1.807) is 0 Å². The number of hydrogen-bond donors (Lipinski definition) is 1. The van der Waals surface area contributed by atoms with Crippen LogP contribution in [0.2, 0.25) is 0 Å². The van der Waals surface area contributed by atoms with Gasteiger partial charge in [-0.1, -0.05) is 85.3 Å². The lowest BCUT2D eigenvalue weighted by Crippen LogP contribution is -2.13. The molecule has 0 aliphatic heterocycles. The van der Waals surface area contributed by atoms with Gasteiger partial charge in [0, 0.05) is 5.57 Å². The first kappa shape index (κ1) is 20.8. The molecule has 0 unspecified atom stereocenters. The highest BCUT2D eigenvalue weighted by molar-refractivity contribution is 7.22. The van der Waals surface area contributed by atoms with E-state index in [1.807, 2.05) is 84.9 Å². The normalized spacial score (nSPS) is 11.5. The first-order valence-corrected chi connectivity index (χ1v) is 11.2. The highest BCUT2D eigenvalue weighted by atomic mass is 32.1. The topological polar surface area (TPSA) is 51.2 Å². The zero-order chi connectivity index (χ0) is 21.5. The van der Waals surface area contributed by atoms with Crippen LogP contribution in [-0.4, -0.2) is 17.5 Å². The average molecular weight is 429 g/mol. The quantitative estimate of drug-likeness (QED) is 0.194. The van der Waals surface area contributed by atoms with E-state index in [4.69, 9.17) is 4.74 Å². The number of ether oxygens (including phenoxy) is 1. The number of amides is 1. The van der Waals surface area contributed by atoms with Gasteiger partial charge in [-0.05, 0) is 41.8 Å². The van der Waals surface area contributed by atoms with Crippen molar-refractivity contribution < 1.29 is 9.53 Å².